The highest BCUT2D eigenvalue weighted by Gasteiger charge is 2.21. The van der Waals surface area contributed by atoms with Crippen molar-refractivity contribution in [2.24, 2.45) is 0 Å². The third-order valence-corrected chi connectivity index (χ3v) is 5.88. The van der Waals surface area contributed by atoms with Gasteiger partial charge in [0.15, 0.2) is 17.4 Å². The molecule has 1 aliphatic rings. The van der Waals surface area contributed by atoms with E-state index < -0.39 is 40.6 Å². The van der Waals surface area contributed by atoms with Crippen LogP contribution in [0, 0.1) is 23.3 Å². The van der Waals surface area contributed by atoms with E-state index in [-0.39, 0.29) is 16.9 Å². The van der Waals surface area contributed by atoms with Gasteiger partial charge in [-0.3, -0.25) is 9.78 Å². The molecule has 0 unspecified atom stereocenters. The first-order valence-corrected chi connectivity index (χ1v) is 11.6. The van der Waals surface area contributed by atoms with Gasteiger partial charge in [-0.1, -0.05) is 0 Å². The number of aromatic nitrogens is 2. The van der Waals surface area contributed by atoms with E-state index in [1.165, 1.54) is 12.1 Å². The van der Waals surface area contributed by atoms with Gasteiger partial charge in [-0.2, -0.15) is 0 Å². The van der Waals surface area contributed by atoms with E-state index >= 15 is 0 Å². The predicted octanol–water partition coefficient (Wildman–Crippen LogP) is 4.47. The van der Waals surface area contributed by atoms with Crippen LogP contribution >= 0.6 is 0 Å². The van der Waals surface area contributed by atoms with Crippen molar-refractivity contribution >= 4 is 40.0 Å². The summed E-state index contributed by atoms with van der Waals surface area (Å²) in [5.74, 6) is -4.80. The molecule has 5 rings (SSSR count). The summed E-state index contributed by atoms with van der Waals surface area (Å²) in [6.45, 7) is 3.07. The second kappa shape index (κ2) is 10.4. The van der Waals surface area contributed by atoms with E-state index in [2.05, 4.69) is 25.9 Å². The molecule has 1 aromatic heterocycles. The second-order valence-electron chi connectivity index (χ2n) is 8.55. The lowest BCUT2D eigenvalue weighted by atomic mass is 10.0. The van der Waals surface area contributed by atoms with Crippen molar-refractivity contribution in [2.45, 2.75) is 0 Å². The number of ketones is 1. The summed E-state index contributed by atoms with van der Waals surface area (Å²) < 4.78 is 55.8. The van der Waals surface area contributed by atoms with Crippen molar-refractivity contribution < 1.29 is 27.2 Å². The van der Waals surface area contributed by atoms with Crippen LogP contribution in [0.3, 0.4) is 0 Å². The molecule has 3 N–H and O–H groups in total. The summed E-state index contributed by atoms with van der Waals surface area (Å²) in [7, 11) is 0. The maximum absolute atomic E-state index is 14.7. The van der Waals surface area contributed by atoms with Crippen LogP contribution in [0.4, 0.5) is 39.5 Å². The molecule has 0 radical (unpaired) electrons. The van der Waals surface area contributed by atoms with E-state index in [1.54, 1.807) is 12.3 Å². The summed E-state index contributed by atoms with van der Waals surface area (Å²) in [6.07, 6.45) is 1.64. The predicted molar refractivity (Wildman–Crippen MR) is 133 cm³/mol. The summed E-state index contributed by atoms with van der Waals surface area (Å²) in [4.78, 5) is 36.4. The third-order valence-electron chi connectivity index (χ3n) is 5.88. The smallest absolute Gasteiger partial charge is 0.323 e. The lowest BCUT2D eigenvalue weighted by Crippen LogP contribution is -2.43. The number of anilines is 3. The molecule has 4 aromatic rings. The summed E-state index contributed by atoms with van der Waals surface area (Å²) in [5, 5.41) is 7.66. The number of nitrogens with one attached hydrogen (secondary N) is 3. The molecule has 2 heterocycles. The van der Waals surface area contributed by atoms with Crippen molar-refractivity contribution in [2.75, 3.05) is 41.7 Å². The zero-order valence-electron chi connectivity index (χ0n) is 19.7. The van der Waals surface area contributed by atoms with Crippen LogP contribution in [0.15, 0.2) is 54.7 Å². The van der Waals surface area contributed by atoms with Crippen LogP contribution < -0.4 is 20.9 Å². The zero-order valence-corrected chi connectivity index (χ0v) is 19.7. The maximum Gasteiger partial charge on any atom is 0.323 e. The van der Waals surface area contributed by atoms with Crippen molar-refractivity contribution in [3.63, 3.8) is 0 Å². The molecule has 194 valence electrons. The van der Waals surface area contributed by atoms with Crippen molar-refractivity contribution in [1.29, 1.82) is 0 Å². The average Bonchev–Trinajstić information content (AvgIpc) is 2.89. The number of hydrogen-bond acceptors (Lipinski definition) is 6. The fourth-order valence-electron chi connectivity index (χ4n) is 4.09. The van der Waals surface area contributed by atoms with Crippen molar-refractivity contribution in [1.82, 2.24) is 15.3 Å². The number of piperazine rings is 1. The van der Waals surface area contributed by atoms with Gasteiger partial charge in [0.05, 0.1) is 22.8 Å². The highest BCUT2D eigenvalue weighted by molar-refractivity contribution is 6.11. The van der Waals surface area contributed by atoms with Crippen LogP contribution in [0.5, 0.6) is 0 Å². The van der Waals surface area contributed by atoms with Gasteiger partial charge in [-0.15, -0.1) is 0 Å². The molecule has 0 spiro atoms. The van der Waals surface area contributed by atoms with E-state index in [4.69, 9.17) is 0 Å². The molecule has 1 aliphatic heterocycles. The third kappa shape index (κ3) is 5.39. The molecule has 8 nitrogen and oxygen atoms in total. The second-order valence-corrected chi connectivity index (χ2v) is 8.55. The minimum absolute atomic E-state index is 0.0411. The van der Waals surface area contributed by atoms with E-state index in [0.29, 0.717) is 29.0 Å². The number of carbonyl (C=O) groups is 2. The number of nitrogens with zero attached hydrogens (tertiary/aromatic N) is 3. The SMILES string of the molecule is O=C(Nc1cc(F)cc(F)c1)Nc1cc(F)c(F)c(C(=O)c2ccc3ncc(N4CCNCC4)nc3c2)c1. The Hall–Kier alpha value is -4.58. The summed E-state index contributed by atoms with van der Waals surface area (Å²) in [5.41, 5.74) is -0.0988. The number of benzene rings is 3. The molecular weight excluding hydrogens is 504 g/mol. The fourth-order valence-corrected chi connectivity index (χ4v) is 4.09. The lowest BCUT2D eigenvalue weighted by Gasteiger charge is -2.28. The van der Waals surface area contributed by atoms with Crippen LogP contribution in [0.1, 0.15) is 15.9 Å². The van der Waals surface area contributed by atoms with Crippen LogP contribution in [-0.4, -0.2) is 48.0 Å². The van der Waals surface area contributed by atoms with Gasteiger partial charge in [-0.25, -0.2) is 27.3 Å². The maximum atomic E-state index is 14.7. The number of amides is 2. The molecule has 2 amide bonds. The fraction of sp³-hybridized carbons (Fsp3) is 0.154. The largest absolute Gasteiger partial charge is 0.353 e. The molecule has 0 atom stereocenters. The quantitative estimate of drug-likeness (QED) is 0.263. The van der Waals surface area contributed by atoms with Gasteiger partial charge >= 0.3 is 6.03 Å². The standard InChI is InChI=1S/C26H20F4N6O2/c27-15-8-16(28)10-17(9-15)33-26(38)34-18-11-19(24(30)20(29)12-18)25(37)14-1-2-21-22(7-14)35-23(13-32-21)36-5-3-31-4-6-36/h1-2,7-13,31H,3-6H2,(H2,33,34,38). The van der Waals surface area contributed by atoms with Gasteiger partial charge in [0.1, 0.15) is 17.5 Å². The highest BCUT2D eigenvalue weighted by Crippen LogP contribution is 2.24. The zero-order chi connectivity index (χ0) is 26.8. The first-order chi connectivity index (χ1) is 18.3. The molecule has 0 aliphatic carbocycles. The topological polar surface area (TPSA) is 99.2 Å². The Morgan fingerprint density at radius 2 is 1.53 bits per heavy atom. The molecule has 3 aromatic carbocycles. The van der Waals surface area contributed by atoms with Crippen molar-refractivity contribution in [3.8, 4) is 0 Å². The molecule has 0 saturated carbocycles. The average molecular weight is 524 g/mol. The van der Waals surface area contributed by atoms with Gasteiger partial charge in [0.25, 0.3) is 0 Å². The molecule has 0 bridgehead atoms. The van der Waals surface area contributed by atoms with E-state index in [1.807, 2.05) is 4.90 Å². The minimum atomic E-state index is -1.39. The van der Waals surface area contributed by atoms with Gasteiger partial charge in [0, 0.05) is 55.2 Å². The lowest BCUT2D eigenvalue weighted by molar-refractivity contribution is 0.103. The summed E-state index contributed by atoms with van der Waals surface area (Å²) in [6, 6.07) is 7.47. The normalized spacial score (nSPS) is 13.4. The number of hydrogen-bond donors (Lipinski definition) is 3. The van der Waals surface area contributed by atoms with Crippen molar-refractivity contribution in [3.05, 3.63) is 89.1 Å². The molecule has 1 saturated heterocycles. The molecule has 1 fully saturated rings. The van der Waals surface area contributed by atoms with Gasteiger partial charge < -0.3 is 20.9 Å². The van der Waals surface area contributed by atoms with Crippen LogP contribution in [0.25, 0.3) is 11.0 Å². The monoisotopic (exact) mass is 524 g/mol. The number of urea groups is 1. The summed E-state index contributed by atoms with van der Waals surface area (Å²) >= 11 is 0. The van der Waals surface area contributed by atoms with E-state index in [9.17, 15) is 27.2 Å². The van der Waals surface area contributed by atoms with Gasteiger partial charge in [0.2, 0.25) is 0 Å². The first-order valence-electron chi connectivity index (χ1n) is 11.6. The van der Waals surface area contributed by atoms with E-state index in [0.717, 1.165) is 44.4 Å². The molecule has 12 heteroatoms. The molecule has 38 heavy (non-hydrogen) atoms. The van der Waals surface area contributed by atoms with Crippen LogP contribution in [-0.2, 0) is 0 Å². The van der Waals surface area contributed by atoms with Gasteiger partial charge in [-0.05, 0) is 36.4 Å². The Bertz CT molecular complexity index is 1540. The number of halogens is 4. The number of fused-ring (bicyclic) bond motifs is 1. The highest BCUT2D eigenvalue weighted by atomic mass is 19.2. The number of rotatable bonds is 5. The minimum Gasteiger partial charge on any atom is -0.353 e. The number of carbonyl (C=O) groups excluding carboxylic acids is 2. The Kier molecular flexibility index (Phi) is 6.88. The van der Waals surface area contributed by atoms with Crippen LogP contribution in [0.2, 0.25) is 0 Å². The Morgan fingerprint density at radius 1 is 0.842 bits per heavy atom. The Labute approximate surface area is 213 Å². The first kappa shape index (κ1) is 25.1. The Morgan fingerprint density at radius 3 is 2.24 bits per heavy atom. The Balaban J connectivity index is 1.40. The molecular formula is C26H20F4N6O2.